The Bertz CT molecular complexity index is 943. The molecule has 28 heavy (non-hydrogen) atoms. The van der Waals surface area contributed by atoms with Crippen LogP contribution in [0.15, 0.2) is 29.6 Å². The zero-order valence-electron chi connectivity index (χ0n) is 15.5. The van der Waals surface area contributed by atoms with Crippen molar-refractivity contribution < 1.29 is 14.4 Å². The Morgan fingerprint density at radius 2 is 2.00 bits per heavy atom. The summed E-state index contributed by atoms with van der Waals surface area (Å²) in [6.45, 7) is 3.49. The van der Waals surface area contributed by atoms with Crippen LogP contribution in [0.4, 0.5) is 10.8 Å². The Labute approximate surface area is 170 Å². The smallest absolute Gasteiger partial charge is 0.249 e. The molecular formula is C19H20N4O3S2. The highest BCUT2D eigenvalue weighted by atomic mass is 32.2. The van der Waals surface area contributed by atoms with E-state index < -0.39 is 6.04 Å². The minimum absolute atomic E-state index is 0.0479. The van der Waals surface area contributed by atoms with Gasteiger partial charge in [0.15, 0.2) is 5.13 Å². The number of carbonyl (C=O) groups is 3. The lowest BCUT2D eigenvalue weighted by molar-refractivity contribution is -0.135. The molecule has 2 saturated heterocycles. The summed E-state index contributed by atoms with van der Waals surface area (Å²) in [5.74, 6) is 0.348. The van der Waals surface area contributed by atoms with E-state index >= 15 is 0 Å². The van der Waals surface area contributed by atoms with E-state index in [1.165, 1.54) is 18.3 Å². The number of fused-ring (bicyclic) bond motifs is 1. The van der Waals surface area contributed by atoms with E-state index in [-0.39, 0.29) is 22.6 Å². The van der Waals surface area contributed by atoms with Crippen molar-refractivity contribution >= 4 is 51.6 Å². The lowest BCUT2D eigenvalue weighted by atomic mass is 10.1. The van der Waals surface area contributed by atoms with Gasteiger partial charge in [0.2, 0.25) is 17.7 Å². The van der Waals surface area contributed by atoms with Crippen molar-refractivity contribution in [2.45, 2.75) is 37.6 Å². The van der Waals surface area contributed by atoms with Gasteiger partial charge in [-0.3, -0.25) is 14.4 Å². The molecule has 0 bridgehead atoms. The average molecular weight is 417 g/mol. The van der Waals surface area contributed by atoms with E-state index in [0.717, 1.165) is 23.4 Å². The number of carbonyl (C=O) groups excluding carboxylic acids is 3. The molecule has 0 radical (unpaired) electrons. The van der Waals surface area contributed by atoms with Crippen LogP contribution in [0.5, 0.6) is 0 Å². The van der Waals surface area contributed by atoms with Crippen molar-refractivity contribution in [2.75, 3.05) is 16.4 Å². The van der Waals surface area contributed by atoms with Crippen LogP contribution >= 0.6 is 23.1 Å². The number of thioether (sulfide) groups is 1. The first-order valence-corrected chi connectivity index (χ1v) is 10.8. The summed E-state index contributed by atoms with van der Waals surface area (Å²) in [4.78, 5) is 42.0. The van der Waals surface area contributed by atoms with Crippen molar-refractivity contribution in [3.05, 3.63) is 29.6 Å². The summed E-state index contributed by atoms with van der Waals surface area (Å²) >= 11 is 3.02. The Morgan fingerprint density at radius 1 is 1.25 bits per heavy atom. The minimum Gasteiger partial charge on any atom is -0.326 e. The molecule has 3 amide bonds. The third-order valence-corrected chi connectivity index (χ3v) is 7.25. The highest BCUT2D eigenvalue weighted by Crippen LogP contribution is 2.47. The molecule has 2 fully saturated rings. The molecule has 2 aliphatic heterocycles. The number of nitrogens with zero attached hydrogens (tertiary/aromatic N) is 2. The Kier molecular flexibility index (Phi) is 4.88. The predicted octanol–water partition coefficient (Wildman–Crippen LogP) is 3.16. The molecule has 9 heteroatoms. The van der Waals surface area contributed by atoms with Gasteiger partial charge in [-0.1, -0.05) is 12.1 Å². The van der Waals surface area contributed by atoms with E-state index in [1.807, 2.05) is 36.6 Å². The van der Waals surface area contributed by atoms with E-state index in [0.29, 0.717) is 17.3 Å². The molecule has 0 spiro atoms. The first kappa shape index (κ1) is 18.9. The lowest BCUT2D eigenvalue weighted by Gasteiger charge is -2.29. The second-order valence-corrected chi connectivity index (χ2v) is 9.41. The second-order valence-electron chi connectivity index (χ2n) is 7.05. The molecule has 0 unspecified atom stereocenters. The van der Waals surface area contributed by atoms with Crippen molar-refractivity contribution in [3.63, 3.8) is 0 Å². The summed E-state index contributed by atoms with van der Waals surface area (Å²) in [6, 6.07) is 6.91. The van der Waals surface area contributed by atoms with Crippen LogP contribution < -0.4 is 10.6 Å². The third kappa shape index (κ3) is 3.51. The normalized spacial score (nSPS) is 23.6. The van der Waals surface area contributed by atoms with Crippen molar-refractivity contribution in [3.8, 4) is 11.3 Å². The molecule has 7 nitrogen and oxygen atoms in total. The number of hydrogen-bond acceptors (Lipinski definition) is 6. The Hall–Kier alpha value is -2.39. The van der Waals surface area contributed by atoms with Crippen LogP contribution in [0.3, 0.4) is 0 Å². The monoisotopic (exact) mass is 416 g/mol. The molecule has 2 aromatic rings. The standard InChI is InChI=1S/C19H20N4O3S2/c1-11(24)20-13-5-3-12(4-6-13)14-9-27-18(21-14)22-17(26)15-10-28-19(2)8-7-16(25)23(15)19/h3-6,9,15H,7-8,10H2,1-2H3,(H,20,24)(H,21,22,26)/t15-,19+/m1/s1. The first-order valence-electron chi connectivity index (χ1n) is 8.96. The van der Waals surface area contributed by atoms with E-state index in [2.05, 4.69) is 15.6 Å². The second kappa shape index (κ2) is 7.21. The summed E-state index contributed by atoms with van der Waals surface area (Å²) < 4.78 is 0. The number of rotatable bonds is 4. The van der Waals surface area contributed by atoms with E-state index in [1.54, 1.807) is 16.7 Å². The molecule has 146 valence electrons. The van der Waals surface area contributed by atoms with Crippen molar-refractivity contribution in [1.82, 2.24) is 9.88 Å². The largest absolute Gasteiger partial charge is 0.326 e. The van der Waals surface area contributed by atoms with Gasteiger partial charge in [0.05, 0.1) is 10.6 Å². The van der Waals surface area contributed by atoms with Gasteiger partial charge in [-0.2, -0.15) is 0 Å². The number of anilines is 2. The number of hydrogen-bond donors (Lipinski definition) is 2. The molecule has 0 saturated carbocycles. The summed E-state index contributed by atoms with van der Waals surface area (Å²) in [7, 11) is 0. The molecule has 2 atom stereocenters. The van der Waals surface area contributed by atoms with Gasteiger partial charge in [-0.25, -0.2) is 4.98 Å². The highest BCUT2D eigenvalue weighted by Gasteiger charge is 2.52. The van der Waals surface area contributed by atoms with Crippen LogP contribution in [0.25, 0.3) is 11.3 Å². The molecule has 3 heterocycles. The molecule has 0 aliphatic carbocycles. The van der Waals surface area contributed by atoms with Gasteiger partial charge in [0.25, 0.3) is 0 Å². The SMILES string of the molecule is CC(=O)Nc1ccc(-c2csc(NC(=O)[C@H]3CS[C@@]4(C)CCC(=O)N34)n2)cc1. The maximum absolute atomic E-state index is 12.7. The number of benzene rings is 1. The number of thiazole rings is 1. The van der Waals surface area contributed by atoms with E-state index in [4.69, 9.17) is 0 Å². The maximum Gasteiger partial charge on any atom is 0.249 e. The fourth-order valence-corrected chi connectivity index (χ4v) is 5.75. The fourth-order valence-electron chi connectivity index (χ4n) is 3.59. The fraction of sp³-hybridized carbons (Fsp3) is 0.368. The topological polar surface area (TPSA) is 91.4 Å². The number of aromatic nitrogens is 1. The zero-order chi connectivity index (χ0) is 19.9. The van der Waals surface area contributed by atoms with Gasteiger partial charge in [-0.15, -0.1) is 23.1 Å². The van der Waals surface area contributed by atoms with E-state index in [9.17, 15) is 14.4 Å². The minimum atomic E-state index is -0.450. The molecule has 1 aromatic carbocycles. The van der Waals surface area contributed by atoms with Gasteiger partial charge in [0.1, 0.15) is 6.04 Å². The van der Waals surface area contributed by atoms with Gasteiger partial charge >= 0.3 is 0 Å². The zero-order valence-corrected chi connectivity index (χ0v) is 17.2. The van der Waals surface area contributed by atoms with Crippen LogP contribution in [-0.4, -0.2) is 44.3 Å². The Balaban J connectivity index is 1.44. The summed E-state index contributed by atoms with van der Waals surface area (Å²) in [6.07, 6.45) is 1.29. The van der Waals surface area contributed by atoms with Gasteiger partial charge < -0.3 is 15.5 Å². The van der Waals surface area contributed by atoms with Crippen LogP contribution in [0, 0.1) is 0 Å². The summed E-state index contributed by atoms with van der Waals surface area (Å²) in [5.41, 5.74) is 2.36. The summed E-state index contributed by atoms with van der Waals surface area (Å²) in [5, 5.41) is 7.97. The van der Waals surface area contributed by atoms with Crippen molar-refractivity contribution in [2.24, 2.45) is 0 Å². The number of amides is 3. The molecule has 2 aliphatic rings. The van der Waals surface area contributed by atoms with Crippen LogP contribution in [-0.2, 0) is 14.4 Å². The van der Waals surface area contributed by atoms with Crippen molar-refractivity contribution in [1.29, 1.82) is 0 Å². The maximum atomic E-state index is 12.7. The van der Waals surface area contributed by atoms with Gasteiger partial charge in [0, 0.05) is 35.7 Å². The van der Waals surface area contributed by atoms with Crippen LogP contribution in [0.1, 0.15) is 26.7 Å². The first-order chi connectivity index (χ1) is 13.4. The molecule has 2 N–H and O–H groups in total. The quantitative estimate of drug-likeness (QED) is 0.799. The van der Waals surface area contributed by atoms with Gasteiger partial charge in [-0.05, 0) is 25.5 Å². The molecule has 4 rings (SSSR count). The van der Waals surface area contributed by atoms with Crippen LogP contribution in [0.2, 0.25) is 0 Å². The number of nitrogens with one attached hydrogen (secondary N) is 2. The molecular weight excluding hydrogens is 396 g/mol. The third-order valence-electron chi connectivity index (χ3n) is 4.98. The molecule has 1 aromatic heterocycles. The highest BCUT2D eigenvalue weighted by molar-refractivity contribution is 8.01. The average Bonchev–Trinajstić information content (AvgIpc) is 3.31. The lowest BCUT2D eigenvalue weighted by Crippen LogP contribution is -2.48. The predicted molar refractivity (Wildman–Crippen MR) is 111 cm³/mol. The Morgan fingerprint density at radius 3 is 2.71 bits per heavy atom.